The van der Waals surface area contributed by atoms with Crippen LogP contribution in [-0.2, 0) is 4.79 Å². The van der Waals surface area contributed by atoms with Gasteiger partial charge in [0.1, 0.15) is 6.54 Å². The van der Waals surface area contributed by atoms with Crippen LogP contribution in [0.5, 0.6) is 0 Å². The molecular formula is C12H25N2O+. The third-order valence-corrected chi connectivity index (χ3v) is 3.24. The molecule has 0 N–H and O–H groups in total. The first-order valence-electron chi connectivity index (χ1n) is 5.95. The van der Waals surface area contributed by atoms with E-state index in [1.165, 1.54) is 0 Å². The number of nitrogens with zero attached hydrogens (tertiary/aromatic N) is 2. The fraction of sp³-hybridized carbons (Fsp3) is 0.917. The van der Waals surface area contributed by atoms with Gasteiger partial charge in [0.2, 0.25) is 0 Å². The van der Waals surface area contributed by atoms with Crippen LogP contribution < -0.4 is 0 Å². The minimum Gasteiger partial charge on any atom is -0.318 e. The summed E-state index contributed by atoms with van der Waals surface area (Å²) in [5.74, 6) is 0.925. The molecule has 1 saturated heterocycles. The number of rotatable bonds is 4. The third-order valence-electron chi connectivity index (χ3n) is 3.24. The molecule has 0 aromatic rings. The largest absolute Gasteiger partial charge is 0.318 e. The molecule has 0 spiro atoms. The van der Waals surface area contributed by atoms with E-state index in [0.29, 0.717) is 11.7 Å². The highest BCUT2D eigenvalue weighted by Crippen LogP contribution is 2.11. The van der Waals surface area contributed by atoms with Gasteiger partial charge < -0.3 is 4.48 Å². The van der Waals surface area contributed by atoms with Crippen LogP contribution >= 0.6 is 0 Å². The maximum absolute atomic E-state index is 11.8. The van der Waals surface area contributed by atoms with Crippen LogP contribution in [0.25, 0.3) is 0 Å². The Morgan fingerprint density at radius 2 is 1.87 bits per heavy atom. The van der Waals surface area contributed by atoms with Gasteiger partial charge in [-0.05, 0) is 13.0 Å². The predicted octanol–water partition coefficient (Wildman–Crippen LogP) is 0.994. The maximum Gasteiger partial charge on any atom is 0.187 e. The molecule has 1 aliphatic heterocycles. The lowest BCUT2D eigenvalue weighted by atomic mass is 10.1. The van der Waals surface area contributed by atoms with E-state index in [1.54, 1.807) is 0 Å². The van der Waals surface area contributed by atoms with Gasteiger partial charge >= 0.3 is 0 Å². The minimum atomic E-state index is 0.428. The van der Waals surface area contributed by atoms with Gasteiger partial charge in [-0.25, -0.2) is 0 Å². The van der Waals surface area contributed by atoms with Crippen LogP contribution in [-0.4, -0.2) is 62.0 Å². The number of hydrogen-bond acceptors (Lipinski definition) is 2. The van der Waals surface area contributed by atoms with E-state index in [-0.39, 0.29) is 0 Å². The van der Waals surface area contributed by atoms with Crippen molar-refractivity contribution < 1.29 is 9.28 Å². The summed E-state index contributed by atoms with van der Waals surface area (Å²) in [6.07, 6.45) is 0.740. The van der Waals surface area contributed by atoms with E-state index < -0.39 is 0 Å². The number of Topliss-reactive ketones (excluding diaryl/α,β-unsaturated/α-hetero) is 1. The molecule has 0 saturated carbocycles. The predicted molar refractivity (Wildman–Crippen MR) is 62.7 cm³/mol. The Morgan fingerprint density at radius 1 is 1.33 bits per heavy atom. The Labute approximate surface area is 93.6 Å². The van der Waals surface area contributed by atoms with Crippen molar-refractivity contribution in [1.82, 2.24) is 4.90 Å². The third kappa shape index (κ3) is 4.31. The van der Waals surface area contributed by atoms with E-state index in [1.807, 2.05) is 0 Å². The number of hydrogen-bond donors (Lipinski definition) is 0. The van der Waals surface area contributed by atoms with Crippen LogP contribution in [0, 0.1) is 5.92 Å². The smallest absolute Gasteiger partial charge is 0.187 e. The Hall–Kier alpha value is -0.410. The van der Waals surface area contributed by atoms with Crippen LogP contribution in [0.15, 0.2) is 0 Å². The quantitative estimate of drug-likeness (QED) is 0.649. The van der Waals surface area contributed by atoms with E-state index >= 15 is 0 Å². The number of quaternary nitrogens is 1. The molecule has 1 heterocycles. The molecule has 0 bridgehead atoms. The van der Waals surface area contributed by atoms with Gasteiger partial charge in [-0.2, -0.15) is 0 Å². The summed E-state index contributed by atoms with van der Waals surface area (Å²) in [4.78, 5) is 14.1. The van der Waals surface area contributed by atoms with Crippen molar-refractivity contribution in [1.29, 1.82) is 0 Å². The van der Waals surface area contributed by atoms with Crippen LogP contribution in [0.3, 0.4) is 0 Å². The molecule has 0 unspecified atom stereocenters. The zero-order chi connectivity index (χ0) is 11.5. The van der Waals surface area contributed by atoms with Crippen molar-refractivity contribution in [3.8, 4) is 0 Å². The lowest BCUT2D eigenvalue weighted by molar-refractivity contribution is -0.905. The second kappa shape index (κ2) is 5.08. The van der Waals surface area contributed by atoms with Crippen molar-refractivity contribution in [3.63, 3.8) is 0 Å². The molecule has 0 radical (unpaired) electrons. The Bertz CT molecular complexity index is 218. The van der Waals surface area contributed by atoms with Crippen molar-refractivity contribution in [2.24, 2.45) is 5.92 Å². The van der Waals surface area contributed by atoms with Crippen LogP contribution in [0.2, 0.25) is 0 Å². The average Bonchev–Trinajstić information content (AvgIpc) is 2.09. The zero-order valence-corrected chi connectivity index (χ0v) is 10.6. The number of carbonyl (C=O) groups is 1. The Morgan fingerprint density at radius 3 is 2.33 bits per heavy atom. The standard InChI is InChI=1S/C12H25N2O/c1-11(2)9-12(15)10-14(4)7-5-13(3)6-8-14/h11H,5-10H2,1-4H3/q+1. The molecule has 3 nitrogen and oxygen atoms in total. The van der Waals surface area contributed by atoms with Crippen LogP contribution in [0.4, 0.5) is 0 Å². The molecule has 0 aliphatic carbocycles. The van der Waals surface area contributed by atoms with Crippen LogP contribution in [0.1, 0.15) is 20.3 Å². The van der Waals surface area contributed by atoms with Gasteiger partial charge in [-0.3, -0.25) is 9.69 Å². The summed E-state index contributed by atoms with van der Waals surface area (Å²) >= 11 is 0. The SMILES string of the molecule is CC(C)CC(=O)C[N+]1(C)CCN(C)CC1. The minimum absolute atomic E-state index is 0.428. The normalized spacial score (nSPS) is 21.9. The second-order valence-corrected chi connectivity index (χ2v) is 5.66. The highest BCUT2D eigenvalue weighted by molar-refractivity contribution is 5.79. The summed E-state index contributed by atoms with van der Waals surface area (Å²) in [5.41, 5.74) is 0. The monoisotopic (exact) mass is 213 g/mol. The average molecular weight is 213 g/mol. The molecule has 1 rings (SSSR count). The van der Waals surface area contributed by atoms with E-state index in [4.69, 9.17) is 0 Å². The highest BCUT2D eigenvalue weighted by atomic mass is 16.1. The number of ketones is 1. The van der Waals surface area contributed by atoms with Gasteiger partial charge in [-0.15, -0.1) is 0 Å². The Balaban J connectivity index is 2.39. The first kappa shape index (κ1) is 12.7. The first-order valence-corrected chi connectivity index (χ1v) is 5.95. The molecule has 88 valence electrons. The molecule has 1 aliphatic rings. The van der Waals surface area contributed by atoms with Crippen molar-refractivity contribution in [2.45, 2.75) is 20.3 Å². The Kier molecular flexibility index (Phi) is 4.29. The first-order chi connectivity index (χ1) is 6.91. The fourth-order valence-electron chi connectivity index (χ4n) is 2.15. The summed E-state index contributed by atoms with van der Waals surface area (Å²) < 4.78 is 0.940. The number of carbonyl (C=O) groups excluding carboxylic acids is 1. The van der Waals surface area contributed by atoms with Gasteiger partial charge in [0.15, 0.2) is 5.78 Å². The fourth-order valence-corrected chi connectivity index (χ4v) is 2.15. The topological polar surface area (TPSA) is 20.3 Å². The molecule has 0 aromatic carbocycles. The number of piperazine rings is 1. The van der Waals surface area contributed by atoms with Crippen molar-refractivity contribution in [3.05, 3.63) is 0 Å². The summed E-state index contributed by atoms with van der Waals surface area (Å²) in [6.45, 7) is 9.41. The second-order valence-electron chi connectivity index (χ2n) is 5.66. The molecule has 1 fully saturated rings. The van der Waals surface area contributed by atoms with E-state index in [9.17, 15) is 4.79 Å². The van der Waals surface area contributed by atoms with E-state index in [2.05, 4.69) is 32.8 Å². The zero-order valence-electron chi connectivity index (χ0n) is 10.6. The van der Waals surface area contributed by atoms with Crippen molar-refractivity contribution >= 4 is 5.78 Å². The summed E-state index contributed by atoms with van der Waals surface area (Å²) in [5, 5.41) is 0. The summed E-state index contributed by atoms with van der Waals surface area (Å²) in [7, 11) is 4.37. The van der Waals surface area contributed by atoms with Gasteiger partial charge in [0, 0.05) is 19.5 Å². The molecule has 0 aromatic heterocycles. The van der Waals surface area contributed by atoms with Gasteiger partial charge in [-0.1, -0.05) is 13.8 Å². The molecule has 0 atom stereocenters. The van der Waals surface area contributed by atoms with E-state index in [0.717, 1.165) is 43.6 Å². The lowest BCUT2D eigenvalue weighted by Gasteiger charge is -2.40. The maximum atomic E-state index is 11.8. The lowest BCUT2D eigenvalue weighted by Crippen LogP contribution is -2.58. The molecule has 3 heteroatoms. The molecule has 15 heavy (non-hydrogen) atoms. The van der Waals surface area contributed by atoms with Gasteiger partial charge in [0.05, 0.1) is 20.1 Å². The molecule has 0 amide bonds. The highest BCUT2D eigenvalue weighted by Gasteiger charge is 2.29. The van der Waals surface area contributed by atoms with Gasteiger partial charge in [0.25, 0.3) is 0 Å². The van der Waals surface area contributed by atoms with Crippen molar-refractivity contribution in [2.75, 3.05) is 46.8 Å². The molecular weight excluding hydrogens is 188 g/mol. The summed E-state index contributed by atoms with van der Waals surface area (Å²) in [6, 6.07) is 0. The number of likely N-dealkylation sites (N-methyl/N-ethyl adjacent to an activating group) is 2.